The van der Waals surface area contributed by atoms with Crippen molar-refractivity contribution in [3.05, 3.63) is 65.8 Å². The molecule has 1 saturated heterocycles. The number of hydrogen-bond donors (Lipinski definition) is 0. The second kappa shape index (κ2) is 8.44. The Morgan fingerprint density at radius 2 is 1.82 bits per heavy atom. The first-order valence-corrected chi connectivity index (χ1v) is 9.71. The van der Waals surface area contributed by atoms with Gasteiger partial charge in [-0.05, 0) is 36.4 Å². The summed E-state index contributed by atoms with van der Waals surface area (Å²) in [5, 5.41) is 0.678. The molecule has 1 amide bonds. The zero-order valence-corrected chi connectivity index (χ0v) is 16.2. The van der Waals surface area contributed by atoms with E-state index < -0.39 is 0 Å². The monoisotopic (exact) mass is 396 g/mol. The third kappa shape index (κ3) is 4.34. The van der Waals surface area contributed by atoms with Crippen LogP contribution in [0.2, 0.25) is 5.02 Å². The minimum absolute atomic E-state index is 0.131. The largest absolute Gasteiger partial charge is 0.441 e. The highest BCUT2D eigenvalue weighted by molar-refractivity contribution is 6.30. The van der Waals surface area contributed by atoms with Crippen molar-refractivity contribution in [1.29, 1.82) is 0 Å². The van der Waals surface area contributed by atoms with Gasteiger partial charge in [0.25, 0.3) is 0 Å². The van der Waals surface area contributed by atoms with Crippen LogP contribution in [-0.2, 0) is 11.2 Å². The highest BCUT2D eigenvalue weighted by Crippen LogP contribution is 2.23. The van der Waals surface area contributed by atoms with Crippen LogP contribution in [-0.4, -0.2) is 47.0 Å². The Hall–Kier alpha value is -2.86. The summed E-state index contributed by atoms with van der Waals surface area (Å²) in [6, 6.07) is 13.3. The smallest absolute Gasteiger partial charge is 0.223 e. The summed E-state index contributed by atoms with van der Waals surface area (Å²) in [4.78, 5) is 25.3. The van der Waals surface area contributed by atoms with Gasteiger partial charge in [-0.3, -0.25) is 4.79 Å². The first kappa shape index (κ1) is 18.5. The third-order valence-corrected chi connectivity index (χ3v) is 5.09. The van der Waals surface area contributed by atoms with E-state index >= 15 is 0 Å². The Bertz CT molecular complexity index is 919. The summed E-state index contributed by atoms with van der Waals surface area (Å²) in [5.41, 5.74) is 0.917. The number of aromatic nitrogens is 2. The molecule has 0 N–H and O–H groups in total. The second-order valence-electron chi connectivity index (χ2n) is 6.68. The maximum absolute atomic E-state index is 12.5. The number of nitrogens with zero attached hydrogens (tertiary/aromatic N) is 4. The van der Waals surface area contributed by atoms with Gasteiger partial charge in [-0.25, -0.2) is 9.97 Å². The number of aryl methyl sites for hydroxylation is 1. The third-order valence-electron chi connectivity index (χ3n) is 4.84. The Labute approximate surface area is 168 Å². The highest BCUT2D eigenvalue weighted by atomic mass is 35.5. The zero-order valence-electron chi connectivity index (χ0n) is 15.4. The summed E-state index contributed by atoms with van der Waals surface area (Å²) in [7, 11) is 0. The number of oxazole rings is 1. The van der Waals surface area contributed by atoms with Crippen molar-refractivity contribution >= 4 is 23.3 Å². The van der Waals surface area contributed by atoms with Gasteiger partial charge in [-0.15, -0.1) is 0 Å². The van der Waals surface area contributed by atoms with Gasteiger partial charge >= 0.3 is 0 Å². The zero-order chi connectivity index (χ0) is 19.3. The van der Waals surface area contributed by atoms with Crippen LogP contribution in [0, 0.1) is 0 Å². The molecule has 0 spiro atoms. The topological polar surface area (TPSA) is 62.5 Å². The maximum atomic E-state index is 12.5. The predicted octanol–water partition coefficient (Wildman–Crippen LogP) is 3.67. The molecule has 1 aliphatic heterocycles. The number of amides is 1. The standard InChI is InChI=1S/C21H21ClN4O2/c22-17-6-4-16(5-7-17)18-15-24-20(28-18)8-9-21(27)26-13-11-25(12-14-26)19-3-1-2-10-23-19/h1-7,10,15H,8-9,11-14H2. The molecule has 4 rings (SSSR count). The minimum Gasteiger partial charge on any atom is -0.441 e. The highest BCUT2D eigenvalue weighted by Gasteiger charge is 2.22. The van der Waals surface area contributed by atoms with E-state index in [-0.39, 0.29) is 5.91 Å². The average molecular weight is 397 g/mol. The van der Waals surface area contributed by atoms with E-state index in [0.717, 1.165) is 24.5 Å². The average Bonchev–Trinajstić information content (AvgIpc) is 3.22. The van der Waals surface area contributed by atoms with Gasteiger partial charge in [-0.2, -0.15) is 0 Å². The van der Waals surface area contributed by atoms with Crippen molar-refractivity contribution in [2.75, 3.05) is 31.1 Å². The van der Waals surface area contributed by atoms with E-state index in [1.54, 1.807) is 12.4 Å². The van der Waals surface area contributed by atoms with E-state index in [1.807, 2.05) is 47.4 Å². The van der Waals surface area contributed by atoms with Gasteiger partial charge in [0.1, 0.15) is 5.82 Å². The molecule has 28 heavy (non-hydrogen) atoms. The Kier molecular flexibility index (Phi) is 5.58. The lowest BCUT2D eigenvalue weighted by Gasteiger charge is -2.35. The van der Waals surface area contributed by atoms with E-state index in [0.29, 0.717) is 42.6 Å². The molecule has 1 fully saturated rings. The van der Waals surface area contributed by atoms with E-state index in [1.165, 1.54) is 0 Å². The van der Waals surface area contributed by atoms with Crippen LogP contribution < -0.4 is 4.90 Å². The normalized spacial score (nSPS) is 14.3. The molecule has 3 heterocycles. The van der Waals surface area contributed by atoms with Gasteiger partial charge in [-0.1, -0.05) is 17.7 Å². The van der Waals surface area contributed by atoms with Crippen LogP contribution >= 0.6 is 11.6 Å². The fourth-order valence-electron chi connectivity index (χ4n) is 3.27. The summed E-state index contributed by atoms with van der Waals surface area (Å²) >= 11 is 5.91. The van der Waals surface area contributed by atoms with Crippen molar-refractivity contribution in [2.24, 2.45) is 0 Å². The van der Waals surface area contributed by atoms with E-state index in [4.69, 9.17) is 16.0 Å². The fourth-order valence-corrected chi connectivity index (χ4v) is 3.40. The van der Waals surface area contributed by atoms with Gasteiger partial charge in [0.2, 0.25) is 5.91 Å². The number of piperazine rings is 1. The molecule has 2 aromatic heterocycles. The van der Waals surface area contributed by atoms with Crippen molar-refractivity contribution < 1.29 is 9.21 Å². The molecule has 3 aromatic rings. The van der Waals surface area contributed by atoms with E-state index in [2.05, 4.69) is 14.9 Å². The van der Waals surface area contributed by atoms with Crippen molar-refractivity contribution in [3.63, 3.8) is 0 Å². The number of pyridine rings is 1. The second-order valence-corrected chi connectivity index (χ2v) is 7.12. The predicted molar refractivity (Wildman–Crippen MR) is 108 cm³/mol. The summed E-state index contributed by atoms with van der Waals surface area (Å²) in [5.74, 6) is 2.35. The van der Waals surface area contributed by atoms with Crippen LogP contribution in [0.15, 0.2) is 59.3 Å². The fraction of sp³-hybridized carbons (Fsp3) is 0.286. The van der Waals surface area contributed by atoms with Crippen LogP contribution in [0.4, 0.5) is 5.82 Å². The van der Waals surface area contributed by atoms with Crippen molar-refractivity contribution in [2.45, 2.75) is 12.8 Å². The van der Waals surface area contributed by atoms with Crippen LogP contribution in [0.1, 0.15) is 12.3 Å². The number of rotatable bonds is 5. The lowest BCUT2D eigenvalue weighted by atomic mass is 10.2. The number of carbonyl (C=O) groups is 1. The minimum atomic E-state index is 0.131. The Morgan fingerprint density at radius 1 is 1.04 bits per heavy atom. The molecule has 0 radical (unpaired) electrons. The first-order chi connectivity index (χ1) is 13.7. The molecule has 1 aromatic carbocycles. The molecule has 6 nitrogen and oxygen atoms in total. The van der Waals surface area contributed by atoms with Gasteiger partial charge in [0.05, 0.1) is 6.20 Å². The van der Waals surface area contributed by atoms with Crippen LogP contribution in [0.5, 0.6) is 0 Å². The summed E-state index contributed by atoms with van der Waals surface area (Å²) in [6.07, 6.45) is 4.37. The molecule has 0 saturated carbocycles. The number of carbonyl (C=O) groups excluding carboxylic acids is 1. The number of hydrogen-bond acceptors (Lipinski definition) is 5. The number of benzene rings is 1. The molecule has 0 bridgehead atoms. The number of anilines is 1. The quantitative estimate of drug-likeness (QED) is 0.658. The van der Waals surface area contributed by atoms with E-state index in [9.17, 15) is 4.79 Å². The van der Waals surface area contributed by atoms with Crippen LogP contribution in [0.25, 0.3) is 11.3 Å². The molecule has 7 heteroatoms. The summed E-state index contributed by atoms with van der Waals surface area (Å²) < 4.78 is 5.78. The van der Waals surface area contributed by atoms with Gasteiger partial charge in [0, 0.05) is 55.8 Å². The van der Waals surface area contributed by atoms with Crippen LogP contribution in [0.3, 0.4) is 0 Å². The Balaban J connectivity index is 1.28. The lowest BCUT2D eigenvalue weighted by Crippen LogP contribution is -2.49. The number of halogens is 1. The molecular formula is C21H21ClN4O2. The molecular weight excluding hydrogens is 376 g/mol. The Morgan fingerprint density at radius 3 is 2.54 bits per heavy atom. The lowest BCUT2D eigenvalue weighted by molar-refractivity contribution is -0.131. The molecule has 144 valence electrons. The first-order valence-electron chi connectivity index (χ1n) is 9.33. The molecule has 0 aliphatic carbocycles. The van der Waals surface area contributed by atoms with Gasteiger partial charge < -0.3 is 14.2 Å². The van der Waals surface area contributed by atoms with Crippen molar-refractivity contribution in [1.82, 2.24) is 14.9 Å². The SMILES string of the molecule is O=C(CCc1ncc(-c2ccc(Cl)cc2)o1)N1CCN(c2ccccn2)CC1. The van der Waals surface area contributed by atoms with Gasteiger partial charge in [0.15, 0.2) is 11.7 Å². The molecule has 1 aliphatic rings. The maximum Gasteiger partial charge on any atom is 0.223 e. The molecule has 0 atom stereocenters. The van der Waals surface area contributed by atoms with Crippen molar-refractivity contribution in [3.8, 4) is 11.3 Å². The molecule has 0 unspecified atom stereocenters. The summed E-state index contributed by atoms with van der Waals surface area (Å²) in [6.45, 7) is 3.00.